The molecule has 0 saturated heterocycles. The molecule has 1 amide bonds. The minimum Gasteiger partial charge on any atom is -0.491 e. The van der Waals surface area contributed by atoms with Crippen LogP contribution in [-0.4, -0.2) is 18.6 Å². The lowest BCUT2D eigenvalue weighted by atomic mass is 10.2. The zero-order valence-corrected chi connectivity index (χ0v) is 11.1. The molecule has 1 aromatic carbocycles. The van der Waals surface area contributed by atoms with Crippen molar-refractivity contribution in [3.05, 3.63) is 29.8 Å². The molecule has 0 spiro atoms. The molecule has 0 radical (unpaired) electrons. The summed E-state index contributed by atoms with van der Waals surface area (Å²) in [6, 6.07) is 7.74. The van der Waals surface area contributed by atoms with Gasteiger partial charge in [-0.2, -0.15) is 0 Å². The van der Waals surface area contributed by atoms with E-state index in [1.807, 2.05) is 38.1 Å². The molecule has 0 fully saturated rings. The molecular weight excluding hydrogens is 228 g/mol. The van der Waals surface area contributed by atoms with Crippen LogP contribution >= 0.6 is 0 Å². The van der Waals surface area contributed by atoms with Gasteiger partial charge >= 0.3 is 0 Å². The lowest BCUT2D eigenvalue weighted by Gasteiger charge is -2.14. The van der Waals surface area contributed by atoms with Gasteiger partial charge in [0.05, 0.1) is 6.10 Å². The van der Waals surface area contributed by atoms with Crippen LogP contribution in [0.3, 0.4) is 0 Å². The number of para-hydroxylation sites is 1. The smallest absolute Gasteiger partial charge is 0.220 e. The standard InChI is InChI=1S/C14H22N2O2/c1-11(2)18-13-7-4-3-6-12(13)10-16-14(17)8-5-9-15/h3-4,6-7,11H,5,8-10,15H2,1-2H3,(H,16,17). The van der Waals surface area contributed by atoms with Crippen LogP contribution in [0.25, 0.3) is 0 Å². The van der Waals surface area contributed by atoms with E-state index in [0.29, 0.717) is 19.5 Å². The van der Waals surface area contributed by atoms with E-state index in [-0.39, 0.29) is 12.0 Å². The van der Waals surface area contributed by atoms with Gasteiger partial charge in [-0.25, -0.2) is 0 Å². The molecule has 0 aromatic heterocycles. The molecule has 0 aliphatic heterocycles. The van der Waals surface area contributed by atoms with Gasteiger partial charge in [-0.05, 0) is 32.9 Å². The monoisotopic (exact) mass is 250 g/mol. The van der Waals surface area contributed by atoms with E-state index >= 15 is 0 Å². The number of amides is 1. The Bertz CT molecular complexity index is 378. The van der Waals surface area contributed by atoms with Gasteiger partial charge in [-0.15, -0.1) is 0 Å². The van der Waals surface area contributed by atoms with Gasteiger partial charge in [-0.3, -0.25) is 4.79 Å². The summed E-state index contributed by atoms with van der Waals surface area (Å²) in [6.45, 7) is 5.00. The van der Waals surface area contributed by atoms with Gasteiger partial charge in [0.25, 0.3) is 0 Å². The molecule has 0 bridgehead atoms. The molecule has 0 unspecified atom stereocenters. The van der Waals surface area contributed by atoms with Crippen molar-refractivity contribution >= 4 is 5.91 Å². The molecule has 100 valence electrons. The number of carbonyl (C=O) groups excluding carboxylic acids is 1. The Morgan fingerprint density at radius 1 is 1.39 bits per heavy atom. The average molecular weight is 250 g/mol. The Balaban J connectivity index is 2.53. The van der Waals surface area contributed by atoms with Crippen LogP contribution < -0.4 is 15.8 Å². The zero-order chi connectivity index (χ0) is 13.4. The van der Waals surface area contributed by atoms with Crippen LogP contribution in [0.15, 0.2) is 24.3 Å². The Kier molecular flexibility index (Phi) is 6.22. The number of rotatable bonds is 7. The van der Waals surface area contributed by atoms with Crippen molar-refractivity contribution < 1.29 is 9.53 Å². The van der Waals surface area contributed by atoms with Crippen molar-refractivity contribution in [3.8, 4) is 5.75 Å². The second-order valence-electron chi connectivity index (χ2n) is 4.44. The molecule has 1 aromatic rings. The molecule has 0 aliphatic rings. The first-order chi connectivity index (χ1) is 8.63. The molecule has 0 atom stereocenters. The Morgan fingerprint density at radius 2 is 2.11 bits per heavy atom. The third kappa shape index (κ3) is 5.19. The molecule has 4 nitrogen and oxygen atoms in total. The molecule has 18 heavy (non-hydrogen) atoms. The summed E-state index contributed by atoms with van der Waals surface area (Å²) in [5, 5.41) is 2.87. The fourth-order valence-corrected chi connectivity index (χ4v) is 1.56. The molecule has 0 aliphatic carbocycles. The number of hydrogen-bond acceptors (Lipinski definition) is 3. The minimum atomic E-state index is 0.0276. The number of nitrogens with two attached hydrogens (primary N) is 1. The first-order valence-electron chi connectivity index (χ1n) is 6.34. The second kappa shape index (κ2) is 7.71. The van der Waals surface area contributed by atoms with E-state index < -0.39 is 0 Å². The number of benzene rings is 1. The van der Waals surface area contributed by atoms with E-state index in [2.05, 4.69) is 5.32 Å². The van der Waals surface area contributed by atoms with E-state index in [1.165, 1.54) is 0 Å². The summed E-state index contributed by atoms with van der Waals surface area (Å²) >= 11 is 0. The maximum absolute atomic E-state index is 11.5. The summed E-state index contributed by atoms with van der Waals surface area (Å²) in [4.78, 5) is 11.5. The van der Waals surface area contributed by atoms with Crippen LogP contribution in [0, 0.1) is 0 Å². The highest BCUT2D eigenvalue weighted by molar-refractivity contribution is 5.75. The van der Waals surface area contributed by atoms with Crippen LogP contribution in [0.1, 0.15) is 32.3 Å². The summed E-state index contributed by atoms with van der Waals surface area (Å²) in [5.41, 5.74) is 6.36. The Labute approximate surface area is 109 Å². The quantitative estimate of drug-likeness (QED) is 0.776. The van der Waals surface area contributed by atoms with Gasteiger partial charge in [0.2, 0.25) is 5.91 Å². The summed E-state index contributed by atoms with van der Waals surface area (Å²) in [6.07, 6.45) is 1.32. The predicted molar refractivity (Wildman–Crippen MR) is 72.3 cm³/mol. The van der Waals surface area contributed by atoms with Gasteiger partial charge in [0.15, 0.2) is 0 Å². The van der Waals surface area contributed by atoms with E-state index in [4.69, 9.17) is 10.5 Å². The predicted octanol–water partition coefficient (Wildman–Crippen LogP) is 1.83. The number of nitrogens with one attached hydrogen (secondary N) is 1. The fraction of sp³-hybridized carbons (Fsp3) is 0.500. The van der Waals surface area contributed by atoms with E-state index in [9.17, 15) is 4.79 Å². The van der Waals surface area contributed by atoms with Gasteiger partial charge in [-0.1, -0.05) is 18.2 Å². The van der Waals surface area contributed by atoms with Gasteiger partial charge in [0, 0.05) is 18.5 Å². The van der Waals surface area contributed by atoms with Crippen LogP contribution in [-0.2, 0) is 11.3 Å². The highest BCUT2D eigenvalue weighted by atomic mass is 16.5. The minimum absolute atomic E-state index is 0.0276. The number of hydrogen-bond donors (Lipinski definition) is 2. The summed E-state index contributed by atoms with van der Waals surface area (Å²) in [7, 11) is 0. The van der Waals surface area contributed by atoms with Crippen molar-refractivity contribution in [3.63, 3.8) is 0 Å². The van der Waals surface area contributed by atoms with Crippen molar-refractivity contribution in [2.45, 2.75) is 39.3 Å². The van der Waals surface area contributed by atoms with E-state index in [0.717, 1.165) is 17.7 Å². The maximum Gasteiger partial charge on any atom is 0.220 e. The molecule has 0 saturated carbocycles. The third-order valence-electron chi connectivity index (χ3n) is 2.42. The largest absolute Gasteiger partial charge is 0.491 e. The van der Waals surface area contributed by atoms with E-state index in [1.54, 1.807) is 0 Å². The Morgan fingerprint density at radius 3 is 2.78 bits per heavy atom. The highest BCUT2D eigenvalue weighted by Crippen LogP contribution is 2.19. The van der Waals surface area contributed by atoms with Gasteiger partial charge < -0.3 is 15.8 Å². The average Bonchev–Trinajstić information content (AvgIpc) is 2.34. The van der Waals surface area contributed by atoms with Crippen molar-refractivity contribution in [1.29, 1.82) is 0 Å². The summed E-state index contributed by atoms with van der Waals surface area (Å²) < 4.78 is 5.69. The lowest BCUT2D eigenvalue weighted by Crippen LogP contribution is -2.23. The molecule has 1 rings (SSSR count). The second-order valence-corrected chi connectivity index (χ2v) is 4.44. The fourth-order valence-electron chi connectivity index (χ4n) is 1.56. The maximum atomic E-state index is 11.5. The topological polar surface area (TPSA) is 64.3 Å². The molecular formula is C14H22N2O2. The SMILES string of the molecule is CC(C)Oc1ccccc1CNC(=O)CCCN. The Hall–Kier alpha value is -1.55. The van der Waals surface area contributed by atoms with Crippen LogP contribution in [0.5, 0.6) is 5.75 Å². The highest BCUT2D eigenvalue weighted by Gasteiger charge is 2.06. The first kappa shape index (κ1) is 14.5. The third-order valence-corrected chi connectivity index (χ3v) is 2.42. The molecule has 3 N–H and O–H groups in total. The van der Waals surface area contributed by atoms with Crippen LogP contribution in [0.2, 0.25) is 0 Å². The van der Waals surface area contributed by atoms with Crippen LogP contribution in [0.4, 0.5) is 0 Å². The number of carbonyl (C=O) groups is 1. The lowest BCUT2D eigenvalue weighted by molar-refractivity contribution is -0.121. The zero-order valence-electron chi connectivity index (χ0n) is 11.1. The van der Waals surface area contributed by atoms with Crippen molar-refractivity contribution in [1.82, 2.24) is 5.32 Å². The van der Waals surface area contributed by atoms with Crippen molar-refractivity contribution in [2.75, 3.05) is 6.54 Å². The molecule has 4 heteroatoms. The number of ether oxygens (including phenoxy) is 1. The van der Waals surface area contributed by atoms with Crippen molar-refractivity contribution in [2.24, 2.45) is 5.73 Å². The summed E-state index contributed by atoms with van der Waals surface area (Å²) in [5.74, 6) is 0.853. The molecule has 0 heterocycles. The normalized spacial score (nSPS) is 10.4. The first-order valence-corrected chi connectivity index (χ1v) is 6.34. The van der Waals surface area contributed by atoms with Gasteiger partial charge in [0.1, 0.15) is 5.75 Å².